The number of nitrogens with one attached hydrogen (secondary N) is 1. The number of aliphatic carboxylic acids is 1. The first-order valence-electron chi connectivity index (χ1n) is 8.46. The van der Waals surface area contributed by atoms with Crippen LogP contribution in [0.5, 0.6) is 0 Å². The van der Waals surface area contributed by atoms with Gasteiger partial charge in [-0.1, -0.05) is 47.5 Å². The molecule has 0 unspecified atom stereocenters. The van der Waals surface area contributed by atoms with Crippen LogP contribution in [-0.2, 0) is 11.2 Å². The van der Waals surface area contributed by atoms with E-state index in [-0.39, 0.29) is 12.3 Å². The summed E-state index contributed by atoms with van der Waals surface area (Å²) in [6, 6.07) is 12.5. The minimum atomic E-state index is -0.771. The molecule has 132 valence electrons. The van der Waals surface area contributed by atoms with E-state index in [1.165, 1.54) is 11.1 Å². The predicted molar refractivity (Wildman–Crippen MR) is 102 cm³/mol. The lowest BCUT2D eigenvalue weighted by Crippen LogP contribution is -2.24. The lowest BCUT2D eigenvalue weighted by Gasteiger charge is -2.32. The Morgan fingerprint density at radius 2 is 1.92 bits per heavy atom. The first-order chi connectivity index (χ1) is 12.0. The molecule has 0 aliphatic heterocycles. The van der Waals surface area contributed by atoms with Crippen molar-refractivity contribution in [2.45, 2.75) is 37.6 Å². The molecule has 5 heteroatoms. The summed E-state index contributed by atoms with van der Waals surface area (Å²) in [5, 5.41) is 13.5. The smallest absolute Gasteiger partial charge is 0.303 e. The van der Waals surface area contributed by atoms with Crippen molar-refractivity contribution >= 4 is 29.2 Å². The predicted octanol–water partition coefficient (Wildman–Crippen LogP) is 5.20. The molecule has 1 aliphatic rings. The number of carboxylic acids is 1. The quantitative estimate of drug-likeness (QED) is 0.752. The summed E-state index contributed by atoms with van der Waals surface area (Å²) >= 11 is 12.3. The monoisotopic (exact) mass is 377 g/mol. The highest BCUT2D eigenvalue weighted by Gasteiger charge is 2.28. The molecule has 2 N–H and O–H groups in total. The third-order valence-electron chi connectivity index (χ3n) is 4.97. The number of rotatable bonds is 5. The van der Waals surface area contributed by atoms with Crippen molar-refractivity contribution in [2.24, 2.45) is 0 Å². The number of fused-ring (bicyclic) bond motifs is 1. The van der Waals surface area contributed by atoms with Crippen molar-refractivity contribution in [3.8, 4) is 0 Å². The van der Waals surface area contributed by atoms with Gasteiger partial charge in [-0.15, -0.1) is 0 Å². The van der Waals surface area contributed by atoms with E-state index in [4.69, 9.17) is 28.3 Å². The van der Waals surface area contributed by atoms with E-state index >= 15 is 0 Å². The summed E-state index contributed by atoms with van der Waals surface area (Å²) in [5.74, 6) is -0.522. The van der Waals surface area contributed by atoms with Crippen LogP contribution in [0, 0.1) is 0 Å². The molecule has 0 radical (unpaired) electrons. The minimum absolute atomic E-state index is 0.145. The van der Waals surface area contributed by atoms with Crippen LogP contribution < -0.4 is 5.32 Å². The number of carbonyl (C=O) groups is 1. The van der Waals surface area contributed by atoms with Gasteiger partial charge in [0.25, 0.3) is 0 Å². The molecule has 0 aromatic heterocycles. The third kappa shape index (κ3) is 4.00. The summed E-state index contributed by atoms with van der Waals surface area (Å²) < 4.78 is 0. The minimum Gasteiger partial charge on any atom is -0.481 e. The van der Waals surface area contributed by atoms with E-state index in [0.717, 1.165) is 24.0 Å². The molecule has 0 heterocycles. The molecule has 3 rings (SSSR count). The molecule has 1 aliphatic carbocycles. The average Bonchev–Trinajstić information content (AvgIpc) is 2.61. The van der Waals surface area contributed by atoms with Crippen LogP contribution in [-0.4, -0.2) is 18.1 Å². The molecule has 0 bridgehead atoms. The van der Waals surface area contributed by atoms with Gasteiger partial charge in [-0.05, 0) is 60.7 Å². The largest absolute Gasteiger partial charge is 0.481 e. The average molecular weight is 378 g/mol. The van der Waals surface area contributed by atoms with Crippen LogP contribution in [0.15, 0.2) is 36.4 Å². The number of benzene rings is 2. The Balaban J connectivity index is 2.00. The van der Waals surface area contributed by atoms with E-state index in [2.05, 4.69) is 17.4 Å². The van der Waals surface area contributed by atoms with Crippen molar-refractivity contribution in [2.75, 3.05) is 7.05 Å². The van der Waals surface area contributed by atoms with Crippen LogP contribution in [0.1, 0.15) is 53.5 Å². The molecule has 0 spiro atoms. The maximum atomic E-state index is 10.9. The van der Waals surface area contributed by atoms with Gasteiger partial charge in [0, 0.05) is 18.4 Å². The molecule has 0 saturated carbocycles. The fourth-order valence-electron chi connectivity index (χ4n) is 3.67. The zero-order valence-electron chi connectivity index (χ0n) is 14.1. The van der Waals surface area contributed by atoms with Crippen LogP contribution in [0.4, 0.5) is 0 Å². The summed E-state index contributed by atoms with van der Waals surface area (Å²) in [7, 11) is 1.98. The van der Waals surface area contributed by atoms with Crippen LogP contribution in [0.25, 0.3) is 0 Å². The van der Waals surface area contributed by atoms with Crippen molar-refractivity contribution in [3.05, 3.63) is 68.7 Å². The number of carboxylic acid groups (broad SMARTS) is 1. The highest BCUT2D eigenvalue weighted by Crippen LogP contribution is 2.42. The number of hydrogen-bond donors (Lipinski definition) is 2. The van der Waals surface area contributed by atoms with Gasteiger partial charge < -0.3 is 10.4 Å². The maximum Gasteiger partial charge on any atom is 0.303 e. The Hall–Kier alpha value is -1.55. The van der Waals surface area contributed by atoms with E-state index in [9.17, 15) is 4.79 Å². The zero-order valence-corrected chi connectivity index (χ0v) is 15.6. The molecular formula is C20H21Cl2NO2. The van der Waals surface area contributed by atoms with Crippen LogP contribution in [0.2, 0.25) is 10.0 Å². The lowest BCUT2D eigenvalue weighted by atomic mass is 9.76. The topological polar surface area (TPSA) is 49.3 Å². The number of aryl methyl sites for hydroxylation is 1. The summed E-state index contributed by atoms with van der Waals surface area (Å²) in [6.07, 6.45) is 2.74. The standard InChI is InChI=1S/C20H21Cl2NO2/c1-23-19-8-6-14(13-4-7-17(21)18(22)11-13)16-10-12(2-5-15(16)19)3-9-20(24)25/h2,4-5,7,10-11,14,19,23H,3,6,8-9H2,1H3,(H,24,25)/t14-,19-/m0/s1. The first kappa shape index (κ1) is 18.2. The molecule has 0 fully saturated rings. The molecule has 3 nitrogen and oxygen atoms in total. The normalized spacial score (nSPS) is 19.5. The Bertz CT molecular complexity index is 791. The Morgan fingerprint density at radius 3 is 2.60 bits per heavy atom. The molecular weight excluding hydrogens is 357 g/mol. The fraction of sp³-hybridized carbons (Fsp3) is 0.350. The van der Waals surface area contributed by atoms with Crippen molar-refractivity contribution in [1.29, 1.82) is 0 Å². The maximum absolute atomic E-state index is 10.9. The Kier molecular flexibility index (Phi) is 5.67. The Morgan fingerprint density at radius 1 is 1.12 bits per heavy atom. The van der Waals surface area contributed by atoms with Crippen LogP contribution >= 0.6 is 23.2 Å². The van der Waals surface area contributed by atoms with Gasteiger partial charge in [0.1, 0.15) is 0 Å². The highest BCUT2D eigenvalue weighted by atomic mass is 35.5. The van der Waals surface area contributed by atoms with Gasteiger partial charge in [0.2, 0.25) is 0 Å². The van der Waals surface area contributed by atoms with Crippen molar-refractivity contribution < 1.29 is 9.90 Å². The molecule has 0 amide bonds. The van der Waals surface area contributed by atoms with E-state index in [1.54, 1.807) is 0 Å². The second kappa shape index (κ2) is 7.77. The number of hydrogen-bond acceptors (Lipinski definition) is 2. The molecule has 2 atom stereocenters. The van der Waals surface area contributed by atoms with E-state index in [0.29, 0.717) is 22.5 Å². The summed E-state index contributed by atoms with van der Waals surface area (Å²) in [6.45, 7) is 0. The third-order valence-corrected chi connectivity index (χ3v) is 5.71. The molecule has 0 saturated heterocycles. The van der Waals surface area contributed by atoms with Gasteiger partial charge in [-0.25, -0.2) is 0 Å². The first-order valence-corrected chi connectivity index (χ1v) is 9.22. The van der Waals surface area contributed by atoms with Gasteiger partial charge in [0.15, 0.2) is 0 Å². The zero-order chi connectivity index (χ0) is 18.0. The second-order valence-electron chi connectivity index (χ2n) is 6.50. The van der Waals surface area contributed by atoms with Gasteiger partial charge in [-0.3, -0.25) is 4.79 Å². The van der Waals surface area contributed by atoms with Crippen LogP contribution in [0.3, 0.4) is 0 Å². The molecule has 2 aromatic rings. The van der Waals surface area contributed by atoms with Gasteiger partial charge in [-0.2, -0.15) is 0 Å². The van der Waals surface area contributed by atoms with Gasteiger partial charge >= 0.3 is 5.97 Å². The summed E-state index contributed by atoms with van der Waals surface area (Å²) in [4.78, 5) is 10.9. The van der Waals surface area contributed by atoms with E-state index in [1.807, 2.05) is 31.3 Å². The summed E-state index contributed by atoms with van der Waals surface area (Å²) in [5.41, 5.74) is 4.75. The van der Waals surface area contributed by atoms with Crippen molar-refractivity contribution in [3.63, 3.8) is 0 Å². The number of halogens is 2. The van der Waals surface area contributed by atoms with Gasteiger partial charge in [0.05, 0.1) is 10.0 Å². The lowest BCUT2D eigenvalue weighted by molar-refractivity contribution is -0.136. The Labute approximate surface area is 158 Å². The molecule has 2 aromatic carbocycles. The van der Waals surface area contributed by atoms with E-state index < -0.39 is 5.97 Å². The second-order valence-corrected chi connectivity index (χ2v) is 7.32. The SMILES string of the molecule is CN[C@H]1CC[C@@H](c2ccc(Cl)c(Cl)c2)c2cc(CCC(=O)O)ccc21. The molecule has 25 heavy (non-hydrogen) atoms. The highest BCUT2D eigenvalue weighted by molar-refractivity contribution is 6.42. The fourth-order valence-corrected chi connectivity index (χ4v) is 3.98. The van der Waals surface area contributed by atoms with Crippen molar-refractivity contribution in [1.82, 2.24) is 5.32 Å².